The van der Waals surface area contributed by atoms with E-state index in [1.807, 2.05) is 28.9 Å². The van der Waals surface area contributed by atoms with Crippen LogP contribution in [0.4, 0.5) is 16.0 Å². The van der Waals surface area contributed by atoms with Crippen molar-refractivity contribution in [2.24, 2.45) is 0 Å². The minimum atomic E-state index is -0.254. The van der Waals surface area contributed by atoms with Crippen LogP contribution in [0.5, 0.6) is 5.75 Å². The lowest BCUT2D eigenvalue weighted by Crippen LogP contribution is -2.01. The molecule has 5 rings (SSSR count). The van der Waals surface area contributed by atoms with Gasteiger partial charge in [0, 0.05) is 22.7 Å². The Bertz CT molecular complexity index is 1350. The van der Waals surface area contributed by atoms with E-state index in [2.05, 4.69) is 20.4 Å². The van der Waals surface area contributed by atoms with Crippen LogP contribution >= 0.6 is 0 Å². The predicted molar refractivity (Wildman–Crippen MR) is 110 cm³/mol. The van der Waals surface area contributed by atoms with E-state index < -0.39 is 0 Å². The van der Waals surface area contributed by atoms with E-state index in [4.69, 9.17) is 0 Å². The van der Waals surface area contributed by atoms with E-state index >= 15 is 0 Å². The molecule has 0 atom stereocenters. The van der Waals surface area contributed by atoms with Crippen LogP contribution < -0.4 is 5.32 Å². The molecule has 0 saturated heterocycles. The van der Waals surface area contributed by atoms with Gasteiger partial charge in [0.15, 0.2) is 0 Å². The SMILES string of the molecule is Oc1ccc2nc(Nc3ccc4c(cnn4Cc4cccc(F)c4)c3)ncc2c1. The highest BCUT2D eigenvalue weighted by atomic mass is 19.1. The molecule has 0 aliphatic rings. The van der Waals surface area contributed by atoms with Gasteiger partial charge < -0.3 is 10.4 Å². The average molecular weight is 385 g/mol. The molecule has 2 N–H and O–H groups in total. The van der Waals surface area contributed by atoms with Crippen LogP contribution in [0, 0.1) is 5.82 Å². The summed E-state index contributed by atoms with van der Waals surface area (Å²) in [5.74, 6) is 0.397. The molecule has 0 saturated carbocycles. The van der Waals surface area contributed by atoms with E-state index in [-0.39, 0.29) is 11.6 Å². The summed E-state index contributed by atoms with van der Waals surface area (Å²) in [5.41, 5.74) is 3.38. The fourth-order valence-corrected chi connectivity index (χ4v) is 3.31. The quantitative estimate of drug-likeness (QED) is 0.472. The molecule has 2 heterocycles. The highest BCUT2D eigenvalue weighted by Gasteiger charge is 2.07. The van der Waals surface area contributed by atoms with Gasteiger partial charge in [0.05, 0.1) is 23.8 Å². The standard InChI is InChI=1S/C22H16FN5O/c23-17-3-1-2-14(8-17)13-28-21-7-4-18(9-16(21)12-25-28)26-22-24-11-15-10-19(29)5-6-20(15)27-22/h1-12,29H,13H2,(H,24,26,27). The lowest BCUT2D eigenvalue weighted by molar-refractivity contribution is 0.476. The number of aromatic nitrogens is 4. The molecule has 0 bridgehead atoms. The fourth-order valence-electron chi connectivity index (χ4n) is 3.31. The van der Waals surface area contributed by atoms with Crippen LogP contribution in [0.3, 0.4) is 0 Å². The van der Waals surface area contributed by atoms with Crippen molar-refractivity contribution in [3.63, 3.8) is 0 Å². The first-order valence-corrected chi connectivity index (χ1v) is 9.07. The molecule has 29 heavy (non-hydrogen) atoms. The topological polar surface area (TPSA) is 75.9 Å². The lowest BCUT2D eigenvalue weighted by Gasteiger charge is -2.07. The number of hydrogen-bond donors (Lipinski definition) is 2. The second-order valence-corrected chi connectivity index (χ2v) is 6.77. The third-order valence-electron chi connectivity index (χ3n) is 4.68. The summed E-state index contributed by atoms with van der Waals surface area (Å²) in [4.78, 5) is 8.77. The highest BCUT2D eigenvalue weighted by molar-refractivity contribution is 5.84. The first-order chi connectivity index (χ1) is 14.1. The third kappa shape index (κ3) is 3.45. The maximum atomic E-state index is 13.4. The smallest absolute Gasteiger partial charge is 0.227 e. The van der Waals surface area contributed by atoms with Crippen LogP contribution in [0.25, 0.3) is 21.8 Å². The minimum Gasteiger partial charge on any atom is -0.508 e. The van der Waals surface area contributed by atoms with Crippen LogP contribution in [0.2, 0.25) is 0 Å². The summed E-state index contributed by atoms with van der Waals surface area (Å²) < 4.78 is 15.3. The number of aromatic hydroxyl groups is 1. The number of phenols is 1. The largest absolute Gasteiger partial charge is 0.508 e. The molecule has 7 heteroatoms. The molecule has 0 spiro atoms. The Balaban J connectivity index is 1.41. The first-order valence-electron chi connectivity index (χ1n) is 9.07. The molecule has 0 amide bonds. The van der Waals surface area contributed by atoms with Crippen molar-refractivity contribution in [2.45, 2.75) is 6.54 Å². The molecule has 0 fully saturated rings. The number of rotatable bonds is 4. The van der Waals surface area contributed by atoms with Crippen LogP contribution in [0.1, 0.15) is 5.56 Å². The highest BCUT2D eigenvalue weighted by Crippen LogP contribution is 2.23. The maximum Gasteiger partial charge on any atom is 0.227 e. The Morgan fingerprint density at radius 3 is 2.79 bits per heavy atom. The number of benzene rings is 3. The van der Waals surface area contributed by atoms with Gasteiger partial charge in [-0.1, -0.05) is 12.1 Å². The van der Waals surface area contributed by atoms with Gasteiger partial charge in [0.25, 0.3) is 0 Å². The number of halogens is 1. The Labute approximate surface area is 165 Å². The Morgan fingerprint density at radius 2 is 1.90 bits per heavy atom. The molecule has 5 aromatic rings. The summed E-state index contributed by atoms with van der Waals surface area (Å²) in [5, 5.41) is 18.9. The normalized spacial score (nSPS) is 11.2. The molecule has 0 aliphatic heterocycles. The van der Waals surface area contributed by atoms with Crippen molar-refractivity contribution >= 4 is 33.4 Å². The molecule has 0 aliphatic carbocycles. The van der Waals surface area contributed by atoms with E-state index in [0.29, 0.717) is 12.5 Å². The number of hydrogen-bond acceptors (Lipinski definition) is 5. The van der Waals surface area contributed by atoms with Crippen molar-refractivity contribution in [1.82, 2.24) is 19.7 Å². The molecule has 0 radical (unpaired) electrons. The predicted octanol–water partition coefficient (Wildman–Crippen LogP) is 4.62. The van der Waals surface area contributed by atoms with Crippen molar-refractivity contribution in [3.8, 4) is 5.75 Å². The summed E-state index contributed by atoms with van der Waals surface area (Å²) in [6.45, 7) is 0.495. The van der Waals surface area contributed by atoms with Gasteiger partial charge in [-0.05, 0) is 54.1 Å². The first kappa shape index (κ1) is 17.1. The molecule has 142 valence electrons. The monoisotopic (exact) mass is 385 g/mol. The second-order valence-electron chi connectivity index (χ2n) is 6.77. The zero-order chi connectivity index (χ0) is 19.8. The number of nitrogens with one attached hydrogen (secondary N) is 1. The van der Waals surface area contributed by atoms with Gasteiger partial charge in [0.2, 0.25) is 5.95 Å². The Hall–Kier alpha value is -4.00. The number of nitrogens with zero attached hydrogens (tertiary/aromatic N) is 4. The Morgan fingerprint density at radius 1 is 0.966 bits per heavy atom. The van der Waals surface area contributed by atoms with Crippen molar-refractivity contribution in [1.29, 1.82) is 0 Å². The molecule has 2 aromatic heterocycles. The summed E-state index contributed by atoms with van der Waals surface area (Å²) in [7, 11) is 0. The van der Waals surface area contributed by atoms with Gasteiger partial charge in [-0.2, -0.15) is 5.10 Å². The lowest BCUT2D eigenvalue weighted by atomic mass is 10.2. The van der Waals surface area contributed by atoms with E-state index in [1.165, 1.54) is 12.1 Å². The van der Waals surface area contributed by atoms with E-state index in [9.17, 15) is 9.50 Å². The van der Waals surface area contributed by atoms with Crippen LogP contribution in [-0.4, -0.2) is 24.9 Å². The van der Waals surface area contributed by atoms with Crippen molar-refractivity contribution in [2.75, 3.05) is 5.32 Å². The van der Waals surface area contributed by atoms with Crippen LogP contribution in [-0.2, 0) is 6.54 Å². The van der Waals surface area contributed by atoms with E-state index in [0.717, 1.165) is 33.1 Å². The van der Waals surface area contributed by atoms with Gasteiger partial charge in [-0.25, -0.2) is 14.4 Å². The Kier molecular flexibility index (Phi) is 4.05. The van der Waals surface area contributed by atoms with Crippen molar-refractivity contribution < 1.29 is 9.50 Å². The molecule has 6 nitrogen and oxygen atoms in total. The van der Waals surface area contributed by atoms with Gasteiger partial charge in [0.1, 0.15) is 11.6 Å². The third-order valence-corrected chi connectivity index (χ3v) is 4.68. The van der Waals surface area contributed by atoms with Gasteiger partial charge >= 0.3 is 0 Å². The second kappa shape index (κ2) is 6.87. The summed E-state index contributed by atoms with van der Waals surface area (Å²) in [6, 6.07) is 17.3. The molecular formula is C22H16FN5O. The van der Waals surface area contributed by atoms with Crippen molar-refractivity contribution in [3.05, 3.63) is 84.4 Å². The zero-order valence-electron chi connectivity index (χ0n) is 15.2. The average Bonchev–Trinajstić information content (AvgIpc) is 3.10. The summed E-state index contributed by atoms with van der Waals surface area (Å²) >= 11 is 0. The maximum absolute atomic E-state index is 13.4. The fraction of sp³-hybridized carbons (Fsp3) is 0.0455. The zero-order valence-corrected chi connectivity index (χ0v) is 15.2. The summed E-state index contributed by atoms with van der Waals surface area (Å²) in [6.07, 6.45) is 3.45. The number of phenolic OH excluding ortho intramolecular Hbond substituents is 1. The minimum absolute atomic E-state index is 0.183. The molecule has 3 aromatic carbocycles. The van der Waals surface area contributed by atoms with Gasteiger partial charge in [-0.3, -0.25) is 4.68 Å². The molecular weight excluding hydrogens is 369 g/mol. The number of fused-ring (bicyclic) bond motifs is 2. The van der Waals surface area contributed by atoms with Gasteiger partial charge in [-0.15, -0.1) is 0 Å². The molecule has 0 unspecified atom stereocenters. The van der Waals surface area contributed by atoms with E-state index in [1.54, 1.807) is 36.7 Å². The number of anilines is 2. The van der Waals surface area contributed by atoms with Crippen LogP contribution in [0.15, 0.2) is 73.1 Å².